The molecule has 0 aliphatic carbocycles. The molecule has 1 atom stereocenters. The molecule has 1 fully saturated rings. The first-order valence-corrected chi connectivity index (χ1v) is 8.24. The van der Waals surface area contributed by atoms with Crippen molar-refractivity contribution < 1.29 is 9.18 Å². The third-order valence-corrected chi connectivity index (χ3v) is 4.31. The quantitative estimate of drug-likeness (QED) is 0.938. The Balaban J connectivity index is 1.53. The number of carbonyl (C=O) groups excluding carboxylic acids is 1. The lowest BCUT2D eigenvalue weighted by Crippen LogP contribution is -2.52. The second kappa shape index (κ2) is 7.34. The summed E-state index contributed by atoms with van der Waals surface area (Å²) >= 11 is 0. The summed E-state index contributed by atoms with van der Waals surface area (Å²) in [5, 5.41) is 3.14. The van der Waals surface area contributed by atoms with E-state index in [-0.39, 0.29) is 17.8 Å². The van der Waals surface area contributed by atoms with Crippen LogP contribution in [0.2, 0.25) is 0 Å². The van der Waals surface area contributed by atoms with E-state index in [1.165, 1.54) is 17.8 Å². The van der Waals surface area contributed by atoms with E-state index in [9.17, 15) is 9.18 Å². The lowest BCUT2D eigenvalue weighted by molar-refractivity contribution is -0.131. The molecule has 1 unspecified atom stereocenters. The minimum atomic E-state index is -0.335. The van der Waals surface area contributed by atoms with Gasteiger partial charge in [0.25, 0.3) is 0 Å². The van der Waals surface area contributed by atoms with Gasteiger partial charge in [0.15, 0.2) is 0 Å². The number of anilines is 2. The molecule has 1 aliphatic rings. The molecule has 1 amide bonds. The zero-order chi connectivity index (χ0) is 16.9. The van der Waals surface area contributed by atoms with Gasteiger partial charge >= 0.3 is 0 Å². The maximum absolute atomic E-state index is 12.9. The summed E-state index contributed by atoms with van der Waals surface area (Å²) in [5.74, 6) is -0.205. The monoisotopic (exact) mass is 327 g/mol. The second-order valence-corrected chi connectivity index (χ2v) is 6.02. The van der Waals surface area contributed by atoms with Gasteiger partial charge in [-0.05, 0) is 43.3 Å². The number of hydrogen-bond acceptors (Lipinski definition) is 3. The molecule has 3 rings (SSSR count). The van der Waals surface area contributed by atoms with Crippen molar-refractivity contribution in [2.75, 3.05) is 36.4 Å². The van der Waals surface area contributed by atoms with Crippen LogP contribution in [0.1, 0.15) is 6.92 Å². The maximum Gasteiger partial charge on any atom is 0.244 e. The van der Waals surface area contributed by atoms with E-state index in [0.29, 0.717) is 13.1 Å². The third kappa shape index (κ3) is 3.85. The number of benzene rings is 2. The third-order valence-electron chi connectivity index (χ3n) is 4.31. The number of halogens is 1. The average molecular weight is 327 g/mol. The molecule has 5 heteroatoms. The summed E-state index contributed by atoms with van der Waals surface area (Å²) in [6.45, 7) is 4.93. The molecule has 0 aromatic heterocycles. The molecule has 4 nitrogen and oxygen atoms in total. The first-order chi connectivity index (χ1) is 11.6. The van der Waals surface area contributed by atoms with Crippen LogP contribution in [0.3, 0.4) is 0 Å². The lowest BCUT2D eigenvalue weighted by atomic mass is 10.2. The van der Waals surface area contributed by atoms with Gasteiger partial charge in [-0.25, -0.2) is 4.39 Å². The SMILES string of the molecule is CC(Nc1ccc(F)cc1)C(=O)N1CCN(c2ccccc2)CC1. The Morgan fingerprint density at radius 3 is 2.25 bits per heavy atom. The molecule has 1 heterocycles. The van der Waals surface area contributed by atoms with Crippen molar-refractivity contribution in [1.29, 1.82) is 0 Å². The van der Waals surface area contributed by atoms with Gasteiger partial charge < -0.3 is 15.1 Å². The van der Waals surface area contributed by atoms with Crippen molar-refractivity contribution in [1.82, 2.24) is 4.90 Å². The van der Waals surface area contributed by atoms with Gasteiger partial charge in [0.05, 0.1) is 0 Å². The topological polar surface area (TPSA) is 35.6 Å². The normalized spacial score (nSPS) is 15.9. The standard InChI is InChI=1S/C19H22FN3O/c1-15(21-17-9-7-16(20)8-10-17)19(24)23-13-11-22(12-14-23)18-5-3-2-4-6-18/h2-10,15,21H,11-14H2,1H3. The van der Waals surface area contributed by atoms with E-state index < -0.39 is 0 Å². The number of piperazine rings is 1. The number of nitrogens with one attached hydrogen (secondary N) is 1. The predicted octanol–water partition coefficient (Wildman–Crippen LogP) is 2.97. The molecule has 1 saturated heterocycles. The molecule has 1 N–H and O–H groups in total. The number of rotatable bonds is 4. The summed E-state index contributed by atoms with van der Waals surface area (Å²) in [5.41, 5.74) is 1.95. The highest BCUT2D eigenvalue weighted by Crippen LogP contribution is 2.17. The Bertz CT molecular complexity index is 667. The molecule has 0 radical (unpaired) electrons. The molecule has 1 aliphatic heterocycles. The van der Waals surface area contributed by atoms with Crippen LogP contribution in [-0.4, -0.2) is 43.0 Å². The number of carbonyl (C=O) groups is 1. The van der Waals surface area contributed by atoms with E-state index in [0.717, 1.165) is 18.8 Å². The highest BCUT2D eigenvalue weighted by molar-refractivity contribution is 5.84. The van der Waals surface area contributed by atoms with Crippen molar-refractivity contribution >= 4 is 17.3 Å². The summed E-state index contributed by atoms with van der Waals surface area (Å²) in [4.78, 5) is 16.8. The minimum absolute atomic E-state index is 0.0760. The van der Waals surface area contributed by atoms with Crippen molar-refractivity contribution in [3.63, 3.8) is 0 Å². The first kappa shape index (κ1) is 16.3. The Labute approximate surface area is 141 Å². The fraction of sp³-hybridized carbons (Fsp3) is 0.316. The van der Waals surface area contributed by atoms with Crippen LogP contribution in [-0.2, 0) is 4.79 Å². The van der Waals surface area contributed by atoms with Crippen LogP contribution in [0, 0.1) is 5.82 Å². The van der Waals surface area contributed by atoms with E-state index in [4.69, 9.17) is 0 Å². The minimum Gasteiger partial charge on any atom is -0.374 e. The van der Waals surface area contributed by atoms with Crippen molar-refractivity contribution in [2.24, 2.45) is 0 Å². The van der Waals surface area contributed by atoms with Crippen LogP contribution < -0.4 is 10.2 Å². The molecule has 0 saturated carbocycles. The van der Waals surface area contributed by atoms with Gasteiger partial charge in [-0.3, -0.25) is 4.79 Å². The zero-order valence-electron chi connectivity index (χ0n) is 13.8. The van der Waals surface area contributed by atoms with Gasteiger partial charge in [-0.1, -0.05) is 18.2 Å². The van der Waals surface area contributed by atoms with Crippen LogP contribution >= 0.6 is 0 Å². The van der Waals surface area contributed by atoms with Gasteiger partial charge in [0.2, 0.25) is 5.91 Å². The lowest BCUT2D eigenvalue weighted by Gasteiger charge is -2.37. The summed E-state index contributed by atoms with van der Waals surface area (Å²) in [6.07, 6.45) is 0. The van der Waals surface area contributed by atoms with E-state index in [1.54, 1.807) is 12.1 Å². The number of hydrogen-bond donors (Lipinski definition) is 1. The number of nitrogens with zero attached hydrogens (tertiary/aromatic N) is 2. The van der Waals surface area contributed by atoms with Crippen molar-refractivity contribution in [3.05, 3.63) is 60.4 Å². The van der Waals surface area contributed by atoms with Crippen LogP contribution in [0.4, 0.5) is 15.8 Å². The molecule has 24 heavy (non-hydrogen) atoms. The van der Waals surface area contributed by atoms with E-state index in [1.807, 2.05) is 30.0 Å². The van der Waals surface area contributed by atoms with Crippen LogP contribution in [0.5, 0.6) is 0 Å². The van der Waals surface area contributed by atoms with Gasteiger partial charge in [-0.2, -0.15) is 0 Å². The average Bonchev–Trinajstić information content (AvgIpc) is 2.64. The highest BCUT2D eigenvalue weighted by atomic mass is 19.1. The molecule has 0 bridgehead atoms. The Morgan fingerprint density at radius 2 is 1.62 bits per heavy atom. The molecule has 126 valence electrons. The fourth-order valence-corrected chi connectivity index (χ4v) is 2.96. The Hall–Kier alpha value is -2.56. The van der Waals surface area contributed by atoms with Gasteiger partial charge in [0, 0.05) is 37.6 Å². The molecule has 2 aromatic rings. The summed E-state index contributed by atoms with van der Waals surface area (Å²) in [7, 11) is 0. The van der Waals surface area contributed by atoms with E-state index >= 15 is 0 Å². The summed E-state index contributed by atoms with van der Waals surface area (Å²) < 4.78 is 12.9. The van der Waals surface area contributed by atoms with Gasteiger partial charge in [0.1, 0.15) is 11.9 Å². The number of amides is 1. The molecule has 0 spiro atoms. The first-order valence-electron chi connectivity index (χ1n) is 8.24. The number of para-hydroxylation sites is 1. The van der Waals surface area contributed by atoms with Gasteiger partial charge in [-0.15, -0.1) is 0 Å². The summed E-state index contributed by atoms with van der Waals surface area (Å²) in [6, 6.07) is 16.0. The molecular weight excluding hydrogens is 305 g/mol. The maximum atomic E-state index is 12.9. The molecule has 2 aromatic carbocycles. The van der Waals surface area contributed by atoms with Crippen LogP contribution in [0.25, 0.3) is 0 Å². The molecular formula is C19H22FN3O. The smallest absolute Gasteiger partial charge is 0.244 e. The predicted molar refractivity (Wildman–Crippen MR) is 94.7 cm³/mol. The zero-order valence-corrected chi connectivity index (χ0v) is 13.8. The van der Waals surface area contributed by atoms with Crippen molar-refractivity contribution in [2.45, 2.75) is 13.0 Å². The fourth-order valence-electron chi connectivity index (χ4n) is 2.96. The largest absolute Gasteiger partial charge is 0.374 e. The Kier molecular flexibility index (Phi) is 4.99. The highest BCUT2D eigenvalue weighted by Gasteiger charge is 2.24. The van der Waals surface area contributed by atoms with E-state index in [2.05, 4.69) is 22.3 Å². The second-order valence-electron chi connectivity index (χ2n) is 6.02. The Morgan fingerprint density at radius 1 is 1.00 bits per heavy atom. The van der Waals surface area contributed by atoms with Crippen molar-refractivity contribution in [3.8, 4) is 0 Å². The van der Waals surface area contributed by atoms with Crippen LogP contribution in [0.15, 0.2) is 54.6 Å².